The van der Waals surface area contributed by atoms with Crippen LogP contribution in [0.1, 0.15) is 43.0 Å². The summed E-state index contributed by atoms with van der Waals surface area (Å²) in [6, 6.07) is 13.2. The number of pyridine rings is 1. The maximum absolute atomic E-state index is 15.4. The molecule has 2 heterocycles. The van der Waals surface area contributed by atoms with Gasteiger partial charge in [0.1, 0.15) is 17.7 Å². The number of alkyl halides is 1. The predicted molar refractivity (Wildman–Crippen MR) is 135 cm³/mol. The van der Waals surface area contributed by atoms with Crippen molar-refractivity contribution < 1.29 is 23.4 Å². The summed E-state index contributed by atoms with van der Waals surface area (Å²) in [7, 11) is 1.58. The number of carbonyl (C=O) groups is 1. The molecule has 0 spiro atoms. The van der Waals surface area contributed by atoms with E-state index in [1.807, 2.05) is 12.1 Å². The van der Waals surface area contributed by atoms with Gasteiger partial charge in [-0.05, 0) is 91.7 Å². The maximum atomic E-state index is 15.4. The van der Waals surface area contributed by atoms with Crippen LogP contribution in [-0.2, 0) is 4.79 Å². The Morgan fingerprint density at radius 1 is 1.22 bits per heavy atom. The van der Waals surface area contributed by atoms with Crippen molar-refractivity contribution in [3.05, 3.63) is 71.7 Å². The normalized spacial score (nSPS) is 18.9. The SMILES string of the molecule is COc1ccc2nccc([C@H](F)CC[C@@H]3CCN(CC#Cc4ccc(F)cc4)C[C@@H]3CC(=O)O)c2c1. The summed E-state index contributed by atoms with van der Waals surface area (Å²) in [5.74, 6) is 5.71. The summed E-state index contributed by atoms with van der Waals surface area (Å²) < 4.78 is 33.8. The molecule has 7 heteroatoms. The fraction of sp³-hybridized carbons (Fsp3) is 0.379. The number of hydrogen-bond acceptors (Lipinski definition) is 4. The number of aromatic nitrogens is 1. The zero-order valence-corrected chi connectivity index (χ0v) is 20.3. The van der Waals surface area contributed by atoms with Gasteiger partial charge in [-0.15, -0.1) is 0 Å². The average molecular weight is 493 g/mol. The molecular weight excluding hydrogens is 462 g/mol. The summed E-state index contributed by atoms with van der Waals surface area (Å²) >= 11 is 0. The molecule has 0 bridgehead atoms. The van der Waals surface area contributed by atoms with Crippen LogP contribution in [0.4, 0.5) is 8.78 Å². The van der Waals surface area contributed by atoms with Crippen molar-refractivity contribution in [3.8, 4) is 17.6 Å². The lowest BCUT2D eigenvalue weighted by atomic mass is 9.79. The van der Waals surface area contributed by atoms with Gasteiger partial charge in [0.05, 0.1) is 19.2 Å². The van der Waals surface area contributed by atoms with Gasteiger partial charge in [-0.25, -0.2) is 8.78 Å². The van der Waals surface area contributed by atoms with Crippen LogP contribution in [0.25, 0.3) is 10.9 Å². The molecule has 36 heavy (non-hydrogen) atoms. The number of aliphatic carboxylic acids is 1. The fourth-order valence-electron chi connectivity index (χ4n) is 4.98. The summed E-state index contributed by atoms with van der Waals surface area (Å²) in [4.78, 5) is 18.0. The van der Waals surface area contributed by atoms with E-state index in [2.05, 4.69) is 21.7 Å². The molecule has 0 aliphatic carbocycles. The van der Waals surface area contributed by atoms with Crippen molar-refractivity contribution in [1.82, 2.24) is 9.88 Å². The van der Waals surface area contributed by atoms with E-state index in [0.717, 1.165) is 29.4 Å². The van der Waals surface area contributed by atoms with Crippen LogP contribution < -0.4 is 4.74 Å². The minimum Gasteiger partial charge on any atom is -0.497 e. The standard InChI is InChI=1S/C29H30F2N2O3/c1-36-24-9-11-28-26(18-24)25(12-14-32-28)27(31)10-6-21-13-16-33(19-22(21)17-29(34)35)15-2-3-20-4-7-23(30)8-5-20/h4-5,7-9,11-12,14,18,21-22,27H,6,10,13,15-17,19H2,1H3,(H,34,35)/t21-,22+,27-/m1/s1. The second-order valence-corrected chi connectivity index (χ2v) is 9.28. The molecule has 0 radical (unpaired) electrons. The van der Waals surface area contributed by atoms with Crippen LogP contribution in [0.15, 0.2) is 54.7 Å². The Balaban J connectivity index is 1.38. The number of piperidine rings is 1. The smallest absolute Gasteiger partial charge is 0.303 e. The summed E-state index contributed by atoms with van der Waals surface area (Å²) in [5.41, 5.74) is 2.04. The molecule has 5 nitrogen and oxygen atoms in total. The zero-order chi connectivity index (χ0) is 25.5. The Morgan fingerprint density at radius 3 is 2.78 bits per heavy atom. The molecule has 0 amide bonds. The highest BCUT2D eigenvalue weighted by Crippen LogP contribution is 2.36. The number of carboxylic acid groups (broad SMARTS) is 1. The van der Waals surface area contributed by atoms with Gasteiger partial charge < -0.3 is 9.84 Å². The Hall–Kier alpha value is -3.50. The molecule has 4 rings (SSSR count). The molecule has 1 saturated heterocycles. The van der Waals surface area contributed by atoms with Gasteiger partial charge in [0.2, 0.25) is 0 Å². The monoisotopic (exact) mass is 492 g/mol. The van der Waals surface area contributed by atoms with Crippen molar-refractivity contribution in [1.29, 1.82) is 0 Å². The summed E-state index contributed by atoms with van der Waals surface area (Å²) in [6.07, 6.45) is 2.23. The molecule has 2 aromatic carbocycles. The molecule has 3 aromatic rings. The van der Waals surface area contributed by atoms with Crippen molar-refractivity contribution >= 4 is 16.9 Å². The molecule has 0 unspecified atom stereocenters. The second kappa shape index (κ2) is 12.0. The minimum atomic E-state index is -1.17. The number of benzene rings is 2. The summed E-state index contributed by atoms with van der Waals surface area (Å²) in [5, 5.41) is 10.2. The van der Waals surface area contributed by atoms with Crippen LogP contribution in [0, 0.1) is 29.5 Å². The largest absolute Gasteiger partial charge is 0.497 e. The molecule has 3 atom stereocenters. The Morgan fingerprint density at radius 2 is 2.03 bits per heavy atom. The van der Waals surface area contributed by atoms with Crippen LogP contribution in [-0.4, -0.2) is 47.7 Å². The van der Waals surface area contributed by atoms with Crippen molar-refractivity contribution in [2.24, 2.45) is 11.8 Å². The molecule has 1 aliphatic heterocycles. The molecule has 188 valence electrons. The minimum absolute atomic E-state index is 0.0545. The molecule has 1 aliphatic rings. The van der Waals surface area contributed by atoms with E-state index in [1.165, 1.54) is 12.1 Å². The highest BCUT2D eigenvalue weighted by molar-refractivity contribution is 5.83. The number of fused-ring (bicyclic) bond motifs is 1. The van der Waals surface area contributed by atoms with Gasteiger partial charge in [-0.3, -0.25) is 14.7 Å². The van der Waals surface area contributed by atoms with Gasteiger partial charge in [0.15, 0.2) is 0 Å². The molecule has 1 N–H and O–H groups in total. The number of nitrogens with zero attached hydrogens (tertiary/aromatic N) is 2. The van der Waals surface area contributed by atoms with Gasteiger partial charge in [-0.2, -0.15) is 0 Å². The van der Waals surface area contributed by atoms with E-state index in [1.54, 1.807) is 37.6 Å². The van der Waals surface area contributed by atoms with Crippen molar-refractivity contribution in [3.63, 3.8) is 0 Å². The predicted octanol–water partition coefficient (Wildman–Crippen LogP) is 5.64. The van der Waals surface area contributed by atoms with Crippen molar-refractivity contribution in [2.45, 2.75) is 31.9 Å². The van der Waals surface area contributed by atoms with Gasteiger partial charge >= 0.3 is 5.97 Å². The van der Waals surface area contributed by atoms with Crippen LogP contribution in [0.5, 0.6) is 5.75 Å². The first-order chi connectivity index (χ1) is 17.4. The molecule has 1 fully saturated rings. The lowest BCUT2D eigenvalue weighted by Gasteiger charge is -2.37. The number of ether oxygens (including phenoxy) is 1. The number of carboxylic acids is 1. The lowest BCUT2D eigenvalue weighted by Crippen LogP contribution is -2.41. The quantitative estimate of drug-likeness (QED) is 0.413. The molecule has 0 saturated carbocycles. The van der Waals surface area contributed by atoms with E-state index in [-0.39, 0.29) is 24.1 Å². The number of hydrogen-bond donors (Lipinski definition) is 1. The second-order valence-electron chi connectivity index (χ2n) is 9.28. The van der Waals surface area contributed by atoms with E-state index in [4.69, 9.17) is 4.74 Å². The maximum Gasteiger partial charge on any atom is 0.303 e. The number of rotatable bonds is 8. The fourth-order valence-corrected chi connectivity index (χ4v) is 4.98. The van der Waals surface area contributed by atoms with E-state index in [9.17, 15) is 14.3 Å². The first kappa shape index (κ1) is 25.6. The molecular formula is C29H30F2N2O3. The lowest BCUT2D eigenvalue weighted by molar-refractivity contribution is -0.139. The average Bonchev–Trinajstić information content (AvgIpc) is 2.88. The number of methoxy groups -OCH3 is 1. The van der Waals surface area contributed by atoms with Gasteiger partial charge in [0, 0.05) is 30.1 Å². The van der Waals surface area contributed by atoms with Gasteiger partial charge in [-0.1, -0.05) is 11.8 Å². The van der Waals surface area contributed by atoms with E-state index in [0.29, 0.717) is 37.2 Å². The van der Waals surface area contributed by atoms with E-state index >= 15 is 4.39 Å². The van der Waals surface area contributed by atoms with Crippen LogP contribution >= 0.6 is 0 Å². The van der Waals surface area contributed by atoms with Crippen LogP contribution in [0.2, 0.25) is 0 Å². The Kier molecular flexibility index (Phi) is 8.50. The third-order valence-electron chi connectivity index (χ3n) is 6.90. The van der Waals surface area contributed by atoms with E-state index < -0.39 is 12.1 Å². The van der Waals surface area contributed by atoms with Crippen LogP contribution in [0.3, 0.4) is 0 Å². The first-order valence-electron chi connectivity index (χ1n) is 12.2. The third-order valence-corrected chi connectivity index (χ3v) is 6.90. The molecule has 1 aromatic heterocycles. The highest BCUT2D eigenvalue weighted by atomic mass is 19.1. The van der Waals surface area contributed by atoms with Crippen molar-refractivity contribution in [2.75, 3.05) is 26.7 Å². The highest BCUT2D eigenvalue weighted by Gasteiger charge is 2.31. The topological polar surface area (TPSA) is 62.7 Å². The third kappa shape index (κ3) is 6.58. The zero-order valence-electron chi connectivity index (χ0n) is 20.3. The summed E-state index contributed by atoms with van der Waals surface area (Å²) in [6.45, 7) is 1.91. The first-order valence-corrected chi connectivity index (χ1v) is 12.2. The Bertz CT molecular complexity index is 1250. The number of halogens is 2. The van der Waals surface area contributed by atoms with Gasteiger partial charge in [0.25, 0.3) is 0 Å². The Labute approximate surface area is 210 Å². The number of likely N-dealkylation sites (tertiary alicyclic amines) is 1.